The van der Waals surface area contributed by atoms with E-state index in [0.717, 1.165) is 11.1 Å². The smallest absolute Gasteiger partial charge is 0.352 e. The number of rotatable bonds is 5. The first-order valence-corrected chi connectivity index (χ1v) is 9.19. The van der Waals surface area contributed by atoms with Crippen LogP contribution in [0.4, 0.5) is 5.82 Å². The van der Waals surface area contributed by atoms with Crippen molar-refractivity contribution < 1.29 is 24.4 Å². The summed E-state index contributed by atoms with van der Waals surface area (Å²) in [5.41, 5.74) is 8.40. The number of aromatic nitrogens is 1. The highest BCUT2D eigenvalue weighted by Crippen LogP contribution is 2.46. The van der Waals surface area contributed by atoms with Gasteiger partial charge in [0.05, 0.1) is 24.3 Å². The van der Waals surface area contributed by atoms with Gasteiger partial charge in [-0.1, -0.05) is 24.3 Å². The average molecular weight is 380 g/mol. The van der Waals surface area contributed by atoms with E-state index in [2.05, 4.69) is 0 Å². The molecule has 7 nitrogen and oxygen atoms in total. The van der Waals surface area contributed by atoms with E-state index in [4.69, 9.17) is 5.73 Å². The van der Waals surface area contributed by atoms with Crippen LogP contribution in [0.25, 0.3) is 5.57 Å². The van der Waals surface area contributed by atoms with Crippen molar-refractivity contribution in [1.82, 2.24) is 4.90 Å². The third-order valence-electron chi connectivity index (χ3n) is 5.54. The number of carboxylic acid groups (broad SMARTS) is 1. The molecule has 0 saturated carbocycles. The van der Waals surface area contributed by atoms with Crippen molar-refractivity contribution in [3.05, 3.63) is 65.5 Å². The van der Waals surface area contributed by atoms with E-state index in [9.17, 15) is 19.8 Å². The number of benzene rings is 1. The Hall–Kier alpha value is -3.19. The number of carboxylic acids is 1. The van der Waals surface area contributed by atoms with Gasteiger partial charge in [-0.3, -0.25) is 10.5 Å². The molecule has 1 fully saturated rings. The Morgan fingerprint density at radius 1 is 1.32 bits per heavy atom. The van der Waals surface area contributed by atoms with Gasteiger partial charge in [-0.25, -0.2) is 9.36 Å². The number of pyridine rings is 1. The number of aliphatic carboxylic acids is 1. The molecule has 1 amide bonds. The molecule has 2 aromatic rings. The van der Waals surface area contributed by atoms with Crippen molar-refractivity contribution in [2.75, 3.05) is 5.73 Å². The molecule has 0 spiro atoms. The predicted molar refractivity (Wildman–Crippen MR) is 102 cm³/mol. The van der Waals surface area contributed by atoms with E-state index in [-0.39, 0.29) is 17.6 Å². The molecule has 1 aromatic heterocycles. The first-order valence-electron chi connectivity index (χ1n) is 9.19. The lowest BCUT2D eigenvalue weighted by molar-refractivity contribution is -0.674. The van der Waals surface area contributed by atoms with Gasteiger partial charge in [-0.05, 0) is 42.2 Å². The lowest BCUT2D eigenvalue weighted by Gasteiger charge is -2.44. The number of nitrogens with zero attached hydrogens (tertiary/aromatic N) is 2. The van der Waals surface area contributed by atoms with Crippen LogP contribution < -0.4 is 10.3 Å². The Labute approximate surface area is 162 Å². The summed E-state index contributed by atoms with van der Waals surface area (Å²) in [5, 5.41) is 19.6. The fourth-order valence-electron chi connectivity index (χ4n) is 4.21. The number of anilines is 1. The molecule has 0 bridgehead atoms. The molecular weight excluding hydrogens is 358 g/mol. The Morgan fingerprint density at radius 2 is 2.11 bits per heavy atom. The average Bonchev–Trinajstić information content (AvgIpc) is 2.99. The number of hydrogen-bond acceptors (Lipinski definition) is 4. The number of β-lactam (4-membered cyclic amide) rings is 1. The van der Waals surface area contributed by atoms with Crippen LogP contribution in [0.5, 0.6) is 0 Å². The zero-order valence-electron chi connectivity index (χ0n) is 15.4. The Kier molecular flexibility index (Phi) is 4.39. The highest BCUT2D eigenvalue weighted by molar-refractivity contribution is 6.06. The second-order valence-corrected chi connectivity index (χ2v) is 7.33. The number of aliphatic hydroxyl groups is 1. The molecule has 3 atom stereocenters. The molecule has 28 heavy (non-hydrogen) atoms. The van der Waals surface area contributed by atoms with Crippen molar-refractivity contribution in [3.8, 4) is 0 Å². The first-order chi connectivity index (χ1) is 13.4. The monoisotopic (exact) mass is 380 g/mol. The van der Waals surface area contributed by atoms with Gasteiger partial charge in [-0.15, -0.1) is 0 Å². The molecule has 0 aliphatic carbocycles. The van der Waals surface area contributed by atoms with Crippen LogP contribution in [-0.4, -0.2) is 39.1 Å². The number of aliphatic hydroxyl groups excluding tert-OH is 1. The van der Waals surface area contributed by atoms with Gasteiger partial charge < -0.3 is 15.1 Å². The molecule has 144 valence electrons. The minimum absolute atomic E-state index is 0.0240. The van der Waals surface area contributed by atoms with Crippen molar-refractivity contribution in [2.45, 2.75) is 32.0 Å². The molecular formula is C21H22N3O4+. The van der Waals surface area contributed by atoms with Crippen molar-refractivity contribution in [2.24, 2.45) is 5.92 Å². The van der Waals surface area contributed by atoms with Crippen molar-refractivity contribution in [3.63, 3.8) is 0 Å². The third kappa shape index (κ3) is 2.84. The molecule has 2 aliphatic heterocycles. The maximum Gasteiger partial charge on any atom is 0.352 e. The first kappa shape index (κ1) is 18.2. The lowest BCUT2D eigenvalue weighted by Crippen LogP contribution is -2.61. The number of fused-ring (bicyclic) bond motifs is 1. The zero-order valence-corrected chi connectivity index (χ0v) is 15.4. The summed E-state index contributed by atoms with van der Waals surface area (Å²) in [6, 6.07) is 12.9. The highest BCUT2D eigenvalue weighted by atomic mass is 16.4. The molecule has 2 aliphatic rings. The van der Waals surface area contributed by atoms with Crippen LogP contribution in [0.3, 0.4) is 0 Å². The number of carbonyl (C=O) groups excluding carboxylic acids is 1. The second-order valence-electron chi connectivity index (χ2n) is 7.33. The molecule has 7 heteroatoms. The fraction of sp³-hybridized carbons (Fsp3) is 0.286. The third-order valence-corrected chi connectivity index (χ3v) is 5.54. The van der Waals surface area contributed by atoms with Crippen LogP contribution in [0.2, 0.25) is 0 Å². The van der Waals surface area contributed by atoms with E-state index in [1.54, 1.807) is 6.92 Å². The minimum Gasteiger partial charge on any atom is -0.477 e. The zero-order chi connectivity index (χ0) is 20.0. The normalized spacial score (nSPS) is 22.1. The summed E-state index contributed by atoms with van der Waals surface area (Å²) in [7, 11) is 0. The minimum atomic E-state index is -1.12. The summed E-state index contributed by atoms with van der Waals surface area (Å²) in [5.74, 6) is -1.36. The lowest BCUT2D eigenvalue weighted by atomic mass is 9.82. The molecule has 1 saturated heterocycles. The summed E-state index contributed by atoms with van der Waals surface area (Å²) < 4.78 is 1.90. The second kappa shape index (κ2) is 6.76. The summed E-state index contributed by atoms with van der Waals surface area (Å²) in [4.78, 5) is 25.6. The van der Waals surface area contributed by atoms with E-state index in [1.165, 1.54) is 4.90 Å². The van der Waals surface area contributed by atoms with Crippen LogP contribution in [0.1, 0.15) is 24.5 Å². The Morgan fingerprint density at radius 3 is 2.79 bits per heavy atom. The van der Waals surface area contributed by atoms with Crippen molar-refractivity contribution in [1.29, 1.82) is 0 Å². The van der Waals surface area contributed by atoms with E-state index >= 15 is 0 Å². The maximum absolute atomic E-state index is 12.4. The number of amides is 1. The van der Waals surface area contributed by atoms with E-state index in [1.807, 2.05) is 53.2 Å². The van der Waals surface area contributed by atoms with Gasteiger partial charge in [0.15, 0.2) is 0 Å². The van der Waals surface area contributed by atoms with Crippen LogP contribution in [0.15, 0.2) is 54.4 Å². The van der Waals surface area contributed by atoms with Crippen LogP contribution >= 0.6 is 0 Å². The van der Waals surface area contributed by atoms with E-state index < -0.39 is 18.0 Å². The molecule has 0 radical (unpaired) electrons. The molecule has 4 N–H and O–H groups in total. The summed E-state index contributed by atoms with van der Waals surface area (Å²) in [6.45, 7) is 2.12. The standard InChI is InChI=1S/C21H21N3O4/c1-12(25)18-16-10-15(19(21(27)28)24(16)20(18)26)14-6-4-5-13(9-14)11-23-8-3-2-7-17(23)22/h2-9,12,16,18,22,25H,10-11H2,1H3,(H,27,28)/p+1/t12-,16-,18-/m1/s1. The fourth-order valence-corrected chi connectivity index (χ4v) is 4.21. The molecule has 4 rings (SSSR count). The largest absolute Gasteiger partial charge is 0.477 e. The summed E-state index contributed by atoms with van der Waals surface area (Å²) in [6.07, 6.45) is 1.51. The van der Waals surface area contributed by atoms with Gasteiger partial charge in [0.1, 0.15) is 12.2 Å². The molecule has 0 unspecified atom stereocenters. The SMILES string of the molecule is C[C@@H](O)[C@H]1C(=O)N2C(C(=O)O)=C(c3cccc(C[n+]4ccccc4N)c3)C[C@H]12. The van der Waals surface area contributed by atoms with Gasteiger partial charge in [-0.2, -0.15) is 0 Å². The Balaban J connectivity index is 1.68. The van der Waals surface area contributed by atoms with Crippen molar-refractivity contribution >= 4 is 23.3 Å². The van der Waals surface area contributed by atoms with Gasteiger partial charge in [0.25, 0.3) is 5.82 Å². The maximum atomic E-state index is 12.4. The number of hydrogen-bond donors (Lipinski definition) is 3. The van der Waals surface area contributed by atoms with Gasteiger partial charge in [0, 0.05) is 6.07 Å². The predicted octanol–water partition coefficient (Wildman–Crippen LogP) is 1.01. The van der Waals surface area contributed by atoms with Crippen LogP contribution in [0, 0.1) is 5.92 Å². The van der Waals surface area contributed by atoms with Gasteiger partial charge >= 0.3 is 5.97 Å². The van der Waals surface area contributed by atoms with E-state index in [0.29, 0.717) is 24.4 Å². The number of nitrogens with two attached hydrogens (primary N) is 1. The topological polar surface area (TPSA) is 108 Å². The Bertz CT molecular complexity index is 999. The van der Waals surface area contributed by atoms with Gasteiger partial charge in [0.2, 0.25) is 5.91 Å². The highest BCUT2D eigenvalue weighted by Gasteiger charge is 2.56. The quantitative estimate of drug-likeness (QED) is 0.530. The number of carbonyl (C=O) groups is 2. The number of nitrogen functional groups attached to an aromatic ring is 1. The molecule has 1 aromatic carbocycles. The molecule has 3 heterocycles. The summed E-state index contributed by atoms with van der Waals surface area (Å²) >= 11 is 0. The van der Waals surface area contributed by atoms with Crippen LogP contribution in [-0.2, 0) is 16.1 Å².